The molecule has 1 amide bonds. The van der Waals surface area contributed by atoms with Gasteiger partial charge in [0, 0.05) is 6.54 Å². The van der Waals surface area contributed by atoms with Crippen LogP contribution in [-0.2, 0) is 11.3 Å². The lowest BCUT2D eigenvalue weighted by Crippen LogP contribution is -2.25. The molecule has 0 aromatic heterocycles. The summed E-state index contributed by atoms with van der Waals surface area (Å²) in [6.07, 6.45) is 0.654. The first-order chi connectivity index (χ1) is 9.08. The molecule has 0 spiro atoms. The molecule has 6 nitrogen and oxygen atoms in total. The molecule has 0 fully saturated rings. The summed E-state index contributed by atoms with van der Waals surface area (Å²) in [4.78, 5) is 15.0. The van der Waals surface area contributed by atoms with Crippen molar-refractivity contribution in [2.75, 3.05) is 0 Å². The first-order valence-corrected chi connectivity index (χ1v) is 5.18. The van der Waals surface area contributed by atoms with Gasteiger partial charge in [0.05, 0.1) is 0 Å². The van der Waals surface area contributed by atoms with Gasteiger partial charge in [0.2, 0.25) is 0 Å². The van der Waals surface area contributed by atoms with Crippen LogP contribution in [0.5, 0.6) is 0 Å². The largest absolute Gasteiger partial charge is 0.504 e. The van der Waals surface area contributed by atoms with Crippen molar-refractivity contribution in [1.29, 1.82) is 0 Å². The van der Waals surface area contributed by atoms with E-state index in [0.29, 0.717) is 11.8 Å². The maximum Gasteiger partial charge on any atom is 0.274 e. The molecular weight excluding hydrogens is 253 g/mol. The highest BCUT2D eigenvalue weighted by Crippen LogP contribution is 2.05. The van der Waals surface area contributed by atoms with Crippen molar-refractivity contribution in [2.24, 2.45) is 10.1 Å². The fraction of sp³-hybridized carbons (Fsp3) is 0.0833. The van der Waals surface area contributed by atoms with Crippen LogP contribution in [0.15, 0.2) is 45.9 Å². The number of rotatable bonds is 5. The second-order valence-corrected chi connectivity index (χ2v) is 3.45. The molecule has 0 unspecified atom stereocenters. The number of benzene rings is 1. The molecule has 0 bridgehead atoms. The van der Waals surface area contributed by atoms with Crippen LogP contribution in [0.4, 0.5) is 4.39 Å². The molecule has 3 N–H and O–H groups in total. The van der Waals surface area contributed by atoms with Gasteiger partial charge in [0.1, 0.15) is 12.0 Å². The van der Waals surface area contributed by atoms with Gasteiger partial charge in [0.15, 0.2) is 11.5 Å². The van der Waals surface area contributed by atoms with E-state index in [4.69, 9.17) is 5.21 Å². The summed E-state index contributed by atoms with van der Waals surface area (Å²) in [5.74, 6) is -1.69. The van der Waals surface area contributed by atoms with Crippen molar-refractivity contribution < 1.29 is 19.5 Å². The number of aliphatic hydroxyl groups excluding tert-OH is 1. The van der Waals surface area contributed by atoms with E-state index in [1.807, 2.05) is 0 Å². The van der Waals surface area contributed by atoms with Crippen molar-refractivity contribution >= 4 is 18.8 Å². The predicted octanol–water partition coefficient (Wildman–Crippen LogP) is 1.37. The van der Waals surface area contributed by atoms with E-state index in [9.17, 15) is 14.3 Å². The monoisotopic (exact) mass is 265 g/mol. The first kappa shape index (κ1) is 14.4. The predicted molar refractivity (Wildman–Crippen MR) is 67.7 cm³/mol. The normalized spacial score (nSPS) is 12.1. The Balaban J connectivity index is 2.71. The number of carbonyl (C=O) groups is 1. The zero-order chi connectivity index (χ0) is 14.3. The first-order valence-electron chi connectivity index (χ1n) is 5.18. The van der Waals surface area contributed by atoms with Crippen LogP contribution < -0.4 is 5.32 Å². The van der Waals surface area contributed by atoms with E-state index in [-0.39, 0.29) is 18.1 Å². The van der Waals surface area contributed by atoms with Gasteiger partial charge in [-0.15, -0.1) is 0 Å². The standard InChI is InChI=1S/C12H12FN3O3/c1-14-11(10(17)7-16-19)12(18)15-6-8-2-4-9(13)5-3-8/h2-5,7,17,19H,1,6H2,(H,15,18)/b11-10+,16-7-. The third kappa shape index (κ3) is 4.23. The number of oxime groups is 1. The molecule has 0 heterocycles. The van der Waals surface area contributed by atoms with E-state index >= 15 is 0 Å². The van der Waals surface area contributed by atoms with Gasteiger partial charge in [-0.3, -0.25) is 9.79 Å². The zero-order valence-corrected chi connectivity index (χ0v) is 9.88. The average Bonchev–Trinajstić information content (AvgIpc) is 2.39. The van der Waals surface area contributed by atoms with E-state index in [1.165, 1.54) is 24.3 Å². The fourth-order valence-corrected chi connectivity index (χ4v) is 1.25. The second-order valence-electron chi connectivity index (χ2n) is 3.45. The number of nitrogens with one attached hydrogen (secondary N) is 1. The van der Waals surface area contributed by atoms with Crippen LogP contribution in [0.2, 0.25) is 0 Å². The van der Waals surface area contributed by atoms with E-state index in [2.05, 4.69) is 22.2 Å². The lowest BCUT2D eigenvalue weighted by molar-refractivity contribution is -0.117. The highest BCUT2D eigenvalue weighted by Gasteiger charge is 2.12. The second kappa shape index (κ2) is 6.90. The van der Waals surface area contributed by atoms with Gasteiger partial charge in [0.25, 0.3) is 5.91 Å². The van der Waals surface area contributed by atoms with Crippen molar-refractivity contribution in [3.8, 4) is 0 Å². The lowest BCUT2D eigenvalue weighted by atomic mass is 10.2. The summed E-state index contributed by atoms with van der Waals surface area (Å²) < 4.78 is 12.7. The molecule has 0 saturated carbocycles. The Labute approximate surface area is 108 Å². The van der Waals surface area contributed by atoms with Crippen LogP contribution in [0.3, 0.4) is 0 Å². The van der Waals surface area contributed by atoms with Crippen LogP contribution >= 0.6 is 0 Å². The summed E-state index contributed by atoms with van der Waals surface area (Å²) in [6, 6.07) is 5.55. The number of amides is 1. The van der Waals surface area contributed by atoms with Gasteiger partial charge in [-0.2, -0.15) is 0 Å². The Hall–Kier alpha value is -2.70. The maximum absolute atomic E-state index is 12.7. The molecule has 1 aromatic carbocycles. The zero-order valence-electron chi connectivity index (χ0n) is 9.88. The van der Waals surface area contributed by atoms with Gasteiger partial charge in [-0.25, -0.2) is 4.39 Å². The number of allylic oxidation sites excluding steroid dienone is 1. The van der Waals surface area contributed by atoms with Gasteiger partial charge < -0.3 is 15.6 Å². The average molecular weight is 265 g/mol. The summed E-state index contributed by atoms with van der Waals surface area (Å²) in [5, 5.41) is 22.6. The van der Waals surface area contributed by atoms with Crippen molar-refractivity contribution in [3.63, 3.8) is 0 Å². The fourth-order valence-electron chi connectivity index (χ4n) is 1.25. The summed E-state index contributed by atoms with van der Waals surface area (Å²) >= 11 is 0. The number of aliphatic hydroxyl groups is 1. The molecule has 1 rings (SSSR count). The quantitative estimate of drug-likeness (QED) is 0.247. The molecule has 7 heteroatoms. The van der Waals surface area contributed by atoms with Gasteiger partial charge >= 0.3 is 0 Å². The Morgan fingerprint density at radius 3 is 2.58 bits per heavy atom. The SMILES string of the molecule is C=N/C(C(=O)NCc1ccc(F)cc1)=C(O)\C=N/O. The lowest BCUT2D eigenvalue weighted by Gasteiger charge is -2.06. The Morgan fingerprint density at radius 2 is 2.05 bits per heavy atom. The smallest absolute Gasteiger partial charge is 0.274 e. The van der Waals surface area contributed by atoms with Crippen LogP contribution in [0, 0.1) is 5.82 Å². The van der Waals surface area contributed by atoms with E-state index < -0.39 is 11.7 Å². The molecule has 0 aliphatic rings. The minimum absolute atomic E-state index is 0.127. The highest BCUT2D eigenvalue weighted by molar-refractivity contribution is 5.98. The van der Waals surface area contributed by atoms with Crippen LogP contribution in [0.25, 0.3) is 0 Å². The number of hydrogen-bond donors (Lipinski definition) is 3. The Kier molecular flexibility index (Phi) is 5.21. The molecule has 100 valence electrons. The summed E-state index contributed by atoms with van der Waals surface area (Å²) in [6.45, 7) is 3.26. The van der Waals surface area contributed by atoms with Crippen LogP contribution in [0.1, 0.15) is 5.56 Å². The minimum Gasteiger partial charge on any atom is -0.504 e. The number of halogens is 1. The molecule has 1 aromatic rings. The van der Waals surface area contributed by atoms with Crippen molar-refractivity contribution in [2.45, 2.75) is 6.54 Å². The molecule has 0 saturated heterocycles. The number of hydrogen-bond acceptors (Lipinski definition) is 5. The molecule has 19 heavy (non-hydrogen) atoms. The molecular formula is C12H12FN3O3. The van der Waals surface area contributed by atoms with Crippen molar-refractivity contribution in [1.82, 2.24) is 5.32 Å². The molecule has 0 atom stereocenters. The number of nitrogens with zero attached hydrogens (tertiary/aromatic N) is 2. The van der Waals surface area contributed by atoms with Gasteiger partial charge in [-0.05, 0) is 24.4 Å². The third-order valence-electron chi connectivity index (χ3n) is 2.16. The maximum atomic E-state index is 12.7. The van der Waals surface area contributed by atoms with E-state index in [0.717, 1.165) is 0 Å². The van der Waals surface area contributed by atoms with E-state index in [1.54, 1.807) is 0 Å². The number of carbonyl (C=O) groups excluding carboxylic acids is 1. The van der Waals surface area contributed by atoms with Crippen molar-refractivity contribution in [3.05, 3.63) is 47.1 Å². The topological polar surface area (TPSA) is 94.3 Å². The summed E-state index contributed by atoms with van der Waals surface area (Å²) in [7, 11) is 0. The van der Waals surface area contributed by atoms with Gasteiger partial charge in [-0.1, -0.05) is 17.3 Å². The Morgan fingerprint density at radius 1 is 1.42 bits per heavy atom. The molecule has 0 aliphatic carbocycles. The number of aliphatic imine (C=N–C) groups is 1. The molecule has 0 radical (unpaired) electrons. The summed E-state index contributed by atoms with van der Waals surface area (Å²) in [5.41, 5.74) is 0.299. The highest BCUT2D eigenvalue weighted by atomic mass is 19.1. The minimum atomic E-state index is -0.697. The van der Waals surface area contributed by atoms with Crippen LogP contribution in [-0.4, -0.2) is 29.2 Å². The third-order valence-corrected chi connectivity index (χ3v) is 2.16. The Bertz CT molecular complexity index is 524. The molecule has 0 aliphatic heterocycles.